The highest BCUT2D eigenvalue weighted by Crippen LogP contribution is 2.40. The van der Waals surface area contributed by atoms with Gasteiger partial charge in [-0.15, -0.1) is 0 Å². The molecule has 3 rings (SSSR count). The van der Waals surface area contributed by atoms with E-state index in [1.165, 1.54) is 36.3 Å². The van der Waals surface area contributed by atoms with Gasteiger partial charge in [-0.05, 0) is 56.9 Å². The number of aliphatic hydroxyl groups excluding tert-OH is 1. The fraction of sp³-hybridized carbons (Fsp3) is 0.304. The summed E-state index contributed by atoms with van der Waals surface area (Å²) < 4.78 is 5.19. The molecule has 0 bridgehead atoms. The maximum Gasteiger partial charge on any atom is 0.295 e. The number of rotatable bonds is 8. The first-order valence-electron chi connectivity index (χ1n) is 10.1. The molecule has 9 nitrogen and oxygen atoms in total. The second-order valence-electron chi connectivity index (χ2n) is 7.73. The summed E-state index contributed by atoms with van der Waals surface area (Å²) in [5.74, 6) is -1.34. The van der Waals surface area contributed by atoms with Crippen molar-refractivity contribution in [1.82, 2.24) is 9.80 Å². The molecule has 2 aromatic rings. The van der Waals surface area contributed by atoms with Crippen LogP contribution in [0.4, 0.5) is 5.69 Å². The number of nitro groups is 1. The number of amides is 1. The molecule has 2 aromatic carbocycles. The normalized spacial score (nSPS) is 17.8. The van der Waals surface area contributed by atoms with Crippen molar-refractivity contribution in [2.45, 2.75) is 12.5 Å². The zero-order valence-corrected chi connectivity index (χ0v) is 18.1. The zero-order valence-electron chi connectivity index (χ0n) is 18.1. The number of hydrogen-bond donors (Lipinski definition) is 1. The van der Waals surface area contributed by atoms with Crippen LogP contribution in [0.25, 0.3) is 5.76 Å². The highest BCUT2D eigenvalue weighted by molar-refractivity contribution is 6.46. The quantitative estimate of drug-likeness (QED) is 0.221. The van der Waals surface area contributed by atoms with Gasteiger partial charge in [-0.3, -0.25) is 19.7 Å². The number of methoxy groups -OCH3 is 1. The molecule has 1 N–H and O–H groups in total. The minimum Gasteiger partial charge on any atom is -0.507 e. The van der Waals surface area contributed by atoms with Gasteiger partial charge in [0.05, 0.1) is 23.6 Å². The Balaban J connectivity index is 2.10. The summed E-state index contributed by atoms with van der Waals surface area (Å²) in [5.41, 5.74) is 0.680. The summed E-state index contributed by atoms with van der Waals surface area (Å²) >= 11 is 0. The SMILES string of the molecule is COc1cccc(/C(O)=C2\C(=O)C(=O)N(CCCN(C)C)[C@H]2c2ccc([N+](=O)[O-])cc2)c1. The molecule has 0 aliphatic carbocycles. The lowest BCUT2D eigenvalue weighted by Gasteiger charge is -2.26. The van der Waals surface area contributed by atoms with E-state index in [4.69, 9.17) is 4.74 Å². The summed E-state index contributed by atoms with van der Waals surface area (Å²) in [6, 6.07) is 11.3. The van der Waals surface area contributed by atoms with Crippen molar-refractivity contribution >= 4 is 23.1 Å². The summed E-state index contributed by atoms with van der Waals surface area (Å²) in [6.45, 7) is 0.991. The van der Waals surface area contributed by atoms with Crippen molar-refractivity contribution in [3.05, 3.63) is 75.3 Å². The average Bonchev–Trinajstić information content (AvgIpc) is 3.03. The molecule has 1 heterocycles. The van der Waals surface area contributed by atoms with Crippen LogP contribution in [0.2, 0.25) is 0 Å². The smallest absolute Gasteiger partial charge is 0.295 e. The van der Waals surface area contributed by atoms with E-state index in [9.17, 15) is 24.8 Å². The first kappa shape index (κ1) is 23.0. The number of nitro benzene ring substituents is 1. The minimum atomic E-state index is -0.857. The highest BCUT2D eigenvalue weighted by Gasteiger charge is 2.45. The molecule has 1 aliphatic heterocycles. The molecule has 0 aromatic heterocycles. The number of aliphatic hydroxyl groups is 1. The third-order valence-corrected chi connectivity index (χ3v) is 5.31. The van der Waals surface area contributed by atoms with E-state index in [0.29, 0.717) is 36.4 Å². The lowest BCUT2D eigenvalue weighted by molar-refractivity contribution is -0.384. The molecule has 32 heavy (non-hydrogen) atoms. The number of ketones is 1. The molecule has 0 spiro atoms. The van der Waals surface area contributed by atoms with E-state index in [1.54, 1.807) is 24.3 Å². The van der Waals surface area contributed by atoms with Gasteiger partial charge in [-0.2, -0.15) is 0 Å². The number of non-ortho nitro benzene ring substituents is 1. The van der Waals surface area contributed by atoms with Crippen molar-refractivity contribution in [2.75, 3.05) is 34.3 Å². The molecule has 1 amide bonds. The third kappa shape index (κ3) is 4.62. The summed E-state index contributed by atoms with van der Waals surface area (Å²) in [5, 5.41) is 22.1. The Bertz CT molecular complexity index is 1060. The highest BCUT2D eigenvalue weighted by atomic mass is 16.6. The number of carbonyl (C=O) groups excluding carboxylic acids is 2. The Hall–Kier alpha value is -3.72. The van der Waals surface area contributed by atoms with Gasteiger partial charge in [0.15, 0.2) is 0 Å². The fourth-order valence-electron chi connectivity index (χ4n) is 3.72. The third-order valence-electron chi connectivity index (χ3n) is 5.31. The lowest BCUT2D eigenvalue weighted by atomic mass is 9.95. The number of nitrogens with zero attached hydrogens (tertiary/aromatic N) is 3. The molecule has 1 saturated heterocycles. The predicted molar refractivity (Wildman–Crippen MR) is 118 cm³/mol. The van der Waals surface area contributed by atoms with Crippen molar-refractivity contribution in [3.63, 3.8) is 0 Å². The second-order valence-corrected chi connectivity index (χ2v) is 7.73. The second kappa shape index (κ2) is 9.61. The van der Waals surface area contributed by atoms with Gasteiger partial charge in [0.2, 0.25) is 0 Å². The van der Waals surface area contributed by atoms with Crippen molar-refractivity contribution in [2.24, 2.45) is 0 Å². The van der Waals surface area contributed by atoms with E-state index in [2.05, 4.69) is 0 Å². The van der Waals surface area contributed by atoms with E-state index in [0.717, 1.165) is 0 Å². The number of likely N-dealkylation sites (tertiary alicyclic amines) is 1. The van der Waals surface area contributed by atoms with Crippen LogP contribution in [-0.4, -0.2) is 65.8 Å². The molecule has 168 valence electrons. The summed E-state index contributed by atoms with van der Waals surface area (Å²) in [6.07, 6.45) is 0.614. The van der Waals surface area contributed by atoms with Crippen LogP contribution < -0.4 is 4.74 Å². The van der Waals surface area contributed by atoms with Gasteiger partial charge in [0.1, 0.15) is 11.5 Å². The predicted octanol–water partition coefficient (Wildman–Crippen LogP) is 2.98. The van der Waals surface area contributed by atoms with E-state index in [1.807, 2.05) is 19.0 Å². The Kier molecular flexibility index (Phi) is 6.89. The summed E-state index contributed by atoms with van der Waals surface area (Å²) in [7, 11) is 5.30. The maximum atomic E-state index is 13.0. The molecule has 1 aliphatic rings. The molecule has 0 saturated carbocycles. The molecule has 0 unspecified atom stereocenters. The van der Waals surface area contributed by atoms with Crippen LogP contribution in [0.3, 0.4) is 0 Å². The Labute approximate surface area is 185 Å². The number of Topliss-reactive ketones (excluding diaryl/α,β-unsaturated/α-hetero) is 1. The van der Waals surface area contributed by atoms with Gasteiger partial charge in [-0.1, -0.05) is 12.1 Å². The Morgan fingerprint density at radius 3 is 2.47 bits per heavy atom. The average molecular weight is 439 g/mol. The van der Waals surface area contributed by atoms with Crippen molar-refractivity contribution < 1.29 is 24.4 Å². The van der Waals surface area contributed by atoms with Crippen LogP contribution in [0, 0.1) is 10.1 Å². The van der Waals surface area contributed by atoms with E-state index >= 15 is 0 Å². The fourth-order valence-corrected chi connectivity index (χ4v) is 3.72. The first-order chi connectivity index (χ1) is 15.2. The molecule has 1 fully saturated rings. The first-order valence-corrected chi connectivity index (χ1v) is 10.1. The lowest BCUT2D eigenvalue weighted by Crippen LogP contribution is -2.32. The van der Waals surface area contributed by atoms with Gasteiger partial charge < -0.3 is 19.6 Å². The minimum absolute atomic E-state index is 0.0537. The summed E-state index contributed by atoms with van der Waals surface area (Å²) in [4.78, 5) is 39.8. The molecule has 1 atom stereocenters. The van der Waals surface area contributed by atoms with Gasteiger partial charge in [0, 0.05) is 24.2 Å². The standard InChI is InChI=1S/C23H25N3O6/c1-24(2)12-5-13-25-20(15-8-10-17(11-9-15)26(30)31)19(22(28)23(25)29)21(27)16-6-4-7-18(14-16)32-3/h4,6-11,14,20,27H,5,12-13H2,1-3H3/b21-19+/t20-/m0/s1. The largest absolute Gasteiger partial charge is 0.507 e. The number of benzene rings is 2. The number of ether oxygens (including phenoxy) is 1. The monoisotopic (exact) mass is 439 g/mol. The number of carbonyl (C=O) groups is 2. The Morgan fingerprint density at radius 2 is 1.88 bits per heavy atom. The van der Waals surface area contributed by atoms with Gasteiger partial charge in [0.25, 0.3) is 17.4 Å². The molecule has 0 radical (unpaired) electrons. The van der Waals surface area contributed by atoms with Crippen LogP contribution in [-0.2, 0) is 9.59 Å². The maximum absolute atomic E-state index is 13.0. The van der Waals surface area contributed by atoms with Gasteiger partial charge >= 0.3 is 0 Å². The van der Waals surface area contributed by atoms with Crippen LogP contribution >= 0.6 is 0 Å². The molecule has 9 heteroatoms. The van der Waals surface area contributed by atoms with E-state index < -0.39 is 22.7 Å². The van der Waals surface area contributed by atoms with Crippen LogP contribution in [0.5, 0.6) is 5.75 Å². The van der Waals surface area contributed by atoms with Gasteiger partial charge in [-0.25, -0.2) is 0 Å². The molecular formula is C23H25N3O6. The van der Waals surface area contributed by atoms with Crippen LogP contribution in [0.1, 0.15) is 23.6 Å². The van der Waals surface area contributed by atoms with Crippen LogP contribution in [0.15, 0.2) is 54.1 Å². The zero-order chi connectivity index (χ0) is 23.4. The Morgan fingerprint density at radius 1 is 1.19 bits per heavy atom. The number of hydrogen-bond acceptors (Lipinski definition) is 7. The van der Waals surface area contributed by atoms with Crippen molar-refractivity contribution in [3.8, 4) is 5.75 Å². The topological polar surface area (TPSA) is 113 Å². The van der Waals surface area contributed by atoms with E-state index in [-0.39, 0.29) is 17.0 Å². The molecular weight excluding hydrogens is 414 g/mol. The van der Waals surface area contributed by atoms with Crippen molar-refractivity contribution in [1.29, 1.82) is 0 Å².